The van der Waals surface area contributed by atoms with E-state index in [9.17, 15) is 25.9 Å². The molecule has 0 fully saturated rings. The molecule has 0 aliphatic rings. The predicted molar refractivity (Wildman–Crippen MR) is 184 cm³/mol. The quantitative estimate of drug-likeness (QED) is 0.0976. The minimum absolute atomic E-state index is 0. The Morgan fingerprint density at radius 3 is 1.13 bits per heavy atom. The number of hydrogen-bond donors (Lipinski definition) is 0. The van der Waals surface area contributed by atoms with Crippen molar-refractivity contribution in [2.24, 2.45) is 0 Å². The molecule has 6 nitrogen and oxygen atoms in total. The molecule has 0 aliphatic heterocycles. The second kappa shape index (κ2) is 18.7. The van der Waals surface area contributed by atoms with Gasteiger partial charge in [-0.15, -0.1) is 0 Å². The van der Waals surface area contributed by atoms with Crippen LogP contribution < -0.4 is 0 Å². The summed E-state index contributed by atoms with van der Waals surface area (Å²) in [5, 5.41) is 2.95. The summed E-state index contributed by atoms with van der Waals surface area (Å²) < 4.78 is 69.9. The van der Waals surface area contributed by atoms with E-state index in [1.165, 1.54) is 23.3 Å². The maximum absolute atomic E-state index is 11.6. The summed E-state index contributed by atoms with van der Waals surface area (Å²) in [6.45, 7) is 8.50. The van der Waals surface area contributed by atoms with Crippen LogP contribution in [0.4, 0.5) is 0 Å². The number of fused-ring (bicyclic) bond motifs is 2. The van der Waals surface area contributed by atoms with Gasteiger partial charge in [0.2, 0.25) is 0 Å². The third kappa shape index (κ3) is 10.7. The van der Waals surface area contributed by atoms with Crippen LogP contribution in [-0.2, 0) is 45.9 Å². The van der Waals surface area contributed by atoms with E-state index in [1.807, 2.05) is 24.3 Å². The van der Waals surface area contributed by atoms with Gasteiger partial charge in [-0.2, -0.15) is 0 Å². The molecule has 4 aromatic rings. The van der Waals surface area contributed by atoms with Crippen molar-refractivity contribution in [2.75, 3.05) is 0 Å². The largest absolute Gasteiger partial charge is 2.00 e. The first kappa shape index (κ1) is 39.7. The minimum Gasteiger partial charge on any atom is -0.744 e. The molecule has 45 heavy (non-hydrogen) atoms. The monoisotopic (exact) mass is 678 g/mol. The Kier molecular flexibility index (Phi) is 16.5. The third-order valence-corrected chi connectivity index (χ3v) is 9.88. The van der Waals surface area contributed by atoms with E-state index in [4.69, 9.17) is 0 Å². The molecular formula is C36H46CaO6S2. The van der Waals surface area contributed by atoms with E-state index in [-0.39, 0.29) is 47.5 Å². The summed E-state index contributed by atoms with van der Waals surface area (Å²) in [6.07, 6.45) is 11.9. The third-order valence-electron chi connectivity index (χ3n) is 8.12. The topological polar surface area (TPSA) is 114 Å². The molecule has 0 amide bonds. The molecule has 4 aromatic carbocycles. The molecule has 4 rings (SSSR count). The van der Waals surface area contributed by atoms with Gasteiger partial charge in [0.15, 0.2) is 0 Å². The van der Waals surface area contributed by atoms with Gasteiger partial charge < -0.3 is 9.11 Å². The molecule has 0 bridgehead atoms. The van der Waals surface area contributed by atoms with Crippen molar-refractivity contribution >= 4 is 79.5 Å². The molecule has 0 aromatic heterocycles. The van der Waals surface area contributed by atoms with Gasteiger partial charge in [-0.25, -0.2) is 16.8 Å². The average Bonchev–Trinajstić information content (AvgIpc) is 2.99. The van der Waals surface area contributed by atoms with Crippen LogP contribution >= 0.6 is 0 Å². The van der Waals surface area contributed by atoms with Crippen molar-refractivity contribution in [3.8, 4) is 0 Å². The van der Waals surface area contributed by atoms with Crippen LogP contribution in [0.5, 0.6) is 0 Å². The van der Waals surface area contributed by atoms with Crippen molar-refractivity contribution < 1.29 is 25.9 Å². The molecule has 0 radical (unpaired) electrons. The Hall–Kier alpha value is -1.52. The molecule has 0 N–H and O–H groups in total. The number of hydrogen-bond acceptors (Lipinski definition) is 6. The van der Waals surface area contributed by atoms with Gasteiger partial charge in [-0.05, 0) is 96.5 Å². The van der Waals surface area contributed by atoms with Crippen LogP contribution in [0.1, 0.15) is 101 Å². The maximum Gasteiger partial charge on any atom is 2.00 e. The molecule has 0 aliphatic carbocycles. The van der Waals surface area contributed by atoms with Crippen LogP contribution in [0.3, 0.4) is 0 Å². The summed E-state index contributed by atoms with van der Waals surface area (Å²) in [7, 11) is -8.93. The molecular weight excluding hydrogens is 633 g/mol. The van der Waals surface area contributed by atoms with Gasteiger partial charge in [0.1, 0.15) is 20.2 Å². The zero-order valence-corrected chi connectivity index (χ0v) is 31.1. The molecule has 0 spiro atoms. The maximum atomic E-state index is 11.6. The molecule has 240 valence electrons. The average molecular weight is 679 g/mol. The van der Waals surface area contributed by atoms with Crippen LogP contribution in [0.15, 0.2) is 70.5 Å². The summed E-state index contributed by atoms with van der Waals surface area (Å²) >= 11 is 0. The van der Waals surface area contributed by atoms with Crippen molar-refractivity contribution in [3.63, 3.8) is 0 Å². The molecule has 9 heteroatoms. The van der Waals surface area contributed by atoms with Gasteiger partial charge in [0.25, 0.3) is 0 Å². The number of benzene rings is 4. The van der Waals surface area contributed by atoms with E-state index in [0.717, 1.165) is 98.9 Å². The molecule has 0 unspecified atom stereocenters. The minimum atomic E-state index is -4.46. The smallest absolute Gasteiger partial charge is 0.744 e. The van der Waals surface area contributed by atoms with Crippen molar-refractivity contribution in [1.29, 1.82) is 0 Å². The first-order valence-corrected chi connectivity index (χ1v) is 18.8. The fraction of sp³-hybridized carbons (Fsp3) is 0.444. The molecule has 0 atom stereocenters. The number of aryl methyl sites for hydroxylation is 4. The first-order valence-electron chi connectivity index (χ1n) is 16.0. The van der Waals surface area contributed by atoms with E-state index >= 15 is 0 Å². The Morgan fingerprint density at radius 1 is 0.489 bits per heavy atom. The van der Waals surface area contributed by atoms with Crippen LogP contribution in [0.25, 0.3) is 21.5 Å². The summed E-state index contributed by atoms with van der Waals surface area (Å²) in [6, 6.07) is 18.0. The first-order chi connectivity index (χ1) is 21.0. The molecule has 0 saturated carbocycles. The fourth-order valence-corrected chi connectivity index (χ4v) is 7.29. The SMILES string of the molecule is CCCCc1ccc2cccc(S(=O)(=O)[O-])c2c1CCCC.CCCCc1ccc2cccc(S(=O)(=O)[O-])c2c1CCCC.[Ca+2]. The van der Waals surface area contributed by atoms with Crippen LogP contribution in [0.2, 0.25) is 0 Å². The van der Waals surface area contributed by atoms with E-state index < -0.39 is 20.2 Å². The van der Waals surface area contributed by atoms with Crippen molar-refractivity contribution in [1.82, 2.24) is 0 Å². The Labute approximate surface area is 300 Å². The molecule has 0 heterocycles. The summed E-state index contributed by atoms with van der Waals surface area (Å²) in [4.78, 5) is -0.149. The Bertz CT molecular complexity index is 1630. The van der Waals surface area contributed by atoms with E-state index in [2.05, 4.69) is 39.8 Å². The summed E-state index contributed by atoms with van der Waals surface area (Å²) in [5.41, 5.74) is 4.45. The van der Waals surface area contributed by atoms with Crippen molar-refractivity contribution in [3.05, 3.63) is 82.9 Å². The fourth-order valence-electron chi connectivity index (χ4n) is 5.82. The van der Waals surface area contributed by atoms with Crippen molar-refractivity contribution in [2.45, 2.75) is 115 Å². The number of rotatable bonds is 14. The zero-order chi connectivity index (χ0) is 32.3. The predicted octanol–water partition coefficient (Wildman–Crippen LogP) is 8.48. The summed E-state index contributed by atoms with van der Waals surface area (Å²) in [5.74, 6) is 0. The van der Waals surface area contributed by atoms with Gasteiger partial charge in [-0.3, -0.25) is 0 Å². The zero-order valence-electron chi connectivity index (χ0n) is 27.2. The number of unbranched alkanes of at least 4 members (excludes halogenated alkanes) is 4. The normalized spacial score (nSPS) is 11.7. The van der Waals surface area contributed by atoms with E-state index in [0.29, 0.717) is 10.8 Å². The van der Waals surface area contributed by atoms with E-state index in [1.54, 1.807) is 12.1 Å². The Balaban J connectivity index is 0.000000307. The second-order valence-electron chi connectivity index (χ2n) is 11.4. The van der Waals surface area contributed by atoms with Gasteiger partial charge in [-0.1, -0.05) is 102 Å². The van der Waals surface area contributed by atoms with Gasteiger partial charge in [0.05, 0.1) is 9.79 Å². The van der Waals surface area contributed by atoms with Crippen LogP contribution in [0, 0.1) is 0 Å². The standard InChI is InChI=1S/2C18H24O3S.Ca/c2*1-3-5-8-14-12-13-15-9-7-11-17(22(19,20)21)18(15)16(14)10-6-4-2;/h2*7,9,11-13H,3-6,8,10H2,1-2H3,(H,19,20,21);/q;;+2/p-2. The Morgan fingerprint density at radius 2 is 0.822 bits per heavy atom. The second-order valence-corrected chi connectivity index (χ2v) is 14.1. The van der Waals surface area contributed by atoms with Gasteiger partial charge >= 0.3 is 37.7 Å². The molecule has 0 saturated heterocycles. The van der Waals surface area contributed by atoms with Crippen LogP contribution in [-0.4, -0.2) is 63.7 Å². The van der Waals surface area contributed by atoms with Gasteiger partial charge in [0, 0.05) is 10.8 Å².